The standard InChI is InChI=1S/C27H30ClN3O3S/c1-5-27(3,4)30-26(34)24(19-14-12-18(2)13-15-19)31(21-10-7-6-9-20(21)28)23(32)17-29-25(33)22-11-8-16-35-22/h6-16,24H,5,17H2,1-4H3,(H,29,33)(H,30,34)/t24-/m0/s1. The van der Waals surface area contributed by atoms with Crippen LogP contribution in [0.15, 0.2) is 66.0 Å². The summed E-state index contributed by atoms with van der Waals surface area (Å²) in [4.78, 5) is 41.8. The molecule has 0 aliphatic rings. The van der Waals surface area contributed by atoms with Gasteiger partial charge in [-0.25, -0.2) is 0 Å². The van der Waals surface area contributed by atoms with Crippen molar-refractivity contribution in [3.8, 4) is 0 Å². The molecule has 0 unspecified atom stereocenters. The molecule has 6 nitrogen and oxygen atoms in total. The van der Waals surface area contributed by atoms with Crippen LogP contribution in [0, 0.1) is 6.92 Å². The van der Waals surface area contributed by atoms with Crippen molar-refractivity contribution in [1.29, 1.82) is 0 Å². The van der Waals surface area contributed by atoms with E-state index in [2.05, 4.69) is 10.6 Å². The van der Waals surface area contributed by atoms with E-state index in [1.54, 1.807) is 41.8 Å². The molecule has 1 aromatic heterocycles. The van der Waals surface area contributed by atoms with Crippen molar-refractivity contribution in [1.82, 2.24) is 10.6 Å². The highest BCUT2D eigenvalue weighted by atomic mass is 35.5. The maximum atomic E-state index is 13.7. The first-order valence-electron chi connectivity index (χ1n) is 11.4. The molecule has 0 saturated carbocycles. The van der Waals surface area contributed by atoms with Gasteiger partial charge in [0.2, 0.25) is 11.8 Å². The number of carbonyl (C=O) groups is 3. The zero-order valence-corrected chi connectivity index (χ0v) is 21.9. The van der Waals surface area contributed by atoms with Gasteiger partial charge in [-0.05, 0) is 56.3 Å². The first-order chi connectivity index (χ1) is 16.6. The number of rotatable bonds is 9. The number of hydrogen-bond acceptors (Lipinski definition) is 4. The maximum absolute atomic E-state index is 13.7. The molecule has 2 N–H and O–H groups in total. The highest BCUT2D eigenvalue weighted by Gasteiger charge is 2.35. The number of aryl methyl sites for hydroxylation is 1. The number of nitrogens with zero attached hydrogens (tertiary/aromatic N) is 1. The Morgan fingerprint density at radius 1 is 1.03 bits per heavy atom. The van der Waals surface area contributed by atoms with Gasteiger partial charge in [-0.15, -0.1) is 11.3 Å². The van der Waals surface area contributed by atoms with Gasteiger partial charge in [0, 0.05) is 5.54 Å². The fourth-order valence-corrected chi connectivity index (χ4v) is 4.32. The summed E-state index contributed by atoms with van der Waals surface area (Å²) in [5.74, 6) is -1.15. The fourth-order valence-electron chi connectivity index (χ4n) is 3.46. The largest absolute Gasteiger partial charge is 0.349 e. The van der Waals surface area contributed by atoms with E-state index in [4.69, 9.17) is 11.6 Å². The van der Waals surface area contributed by atoms with E-state index in [0.29, 0.717) is 27.6 Å². The molecule has 1 heterocycles. The molecule has 0 fully saturated rings. The van der Waals surface area contributed by atoms with E-state index in [1.807, 2.05) is 52.0 Å². The lowest BCUT2D eigenvalue weighted by Crippen LogP contribution is -2.52. The second kappa shape index (κ2) is 11.5. The Morgan fingerprint density at radius 2 is 1.71 bits per heavy atom. The minimum absolute atomic E-state index is 0.297. The third kappa shape index (κ3) is 6.71. The van der Waals surface area contributed by atoms with E-state index in [1.165, 1.54) is 16.2 Å². The number of para-hydroxylation sites is 1. The maximum Gasteiger partial charge on any atom is 0.261 e. The van der Waals surface area contributed by atoms with Gasteiger partial charge in [0.15, 0.2) is 0 Å². The quantitative estimate of drug-likeness (QED) is 0.397. The van der Waals surface area contributed by atoms with Crippen molar-refractivity contribution in [2.75, 3.05) is 11.4 Å². The summed E-state index contributed by atoms with van der Waals surface area (Å²) in [7, 11) is 0. The van der Waals surface area contributed by atoms with Gasteiger partial charge in [0.1, 0.15) is 6.04 Å². The Balaban J connectivity index is 2.04. The highest BCUT2D eigenvalue weighted by Crippen LogP contribution is 2.34. The molecule has 2 aromatic carbocycles. The second-order valence-electron chi connectivity index (χ2n) is 8.92. The predicted molar refractivity (Wildman–Crippen MR) is 142 cm³/mol. The zero-order valence-electron chi connectivity index (χ0n) is 20.3. The average molecular weight is 512 g/mol. The van der Waals surface area contributed by atoms with E-state index >= 15 is 0 Å². The topological polar surface area (TPSA) is 78.5 Å². The molecule has 8 heteroatoms. The normalized spacial score (nSPS) is 12.0. The first kappa shape index (κ1) is 26.4. The van der Waals surface area contributed by atoms with Crippen molar-refractivity contribution >= 4 is 46.3 Å². The zero-order chi connectivity index (χ0) is 25.6. The summed E-state index contributed by atoms with van der Waals surface area (Å²) in [6.07, 6.45) is 0.705. The number of halogens is 1. The Morgan fingerprint density at radius 3 is 2.31 bits per heavy atom. The summed E-state index contributed by atoms with van der Waals surface area (Å²) >= 11 is 7.80. The molecule has 0 aliphatic heterocycles. The molecule has 0 spiro atoms. The number of benzene rings is 2. The molecule has 0 bridgehead atoms. The number of carbonyl (C=O) groups excluding carboxylic acids is 3. The van der Waals surface area contributed by atoms with E-state index in [0.717, 1.165) is 5.56 Å². The van der Waals surface area contributed by atoms with Gasteiger partial charge in [-0.2, -0.15) is 0 Å². The number of anilines is 1. The molecule has 3 amide bonds. The Bertz CT molecular complexity index is 1180. The summed E-state index contributed by atoms with van der Waals surface area (Å²) in [5, 5.41) is 7.86. The fraction of sp³-hybridized carbons (Fsp3) is 0.296. The highest BCUT2D eigenvalue weighted by molar-refractivity contribution is 7.12. The van der Waals surface area contributed by atoms with Crippen LogP contribution in [0.1, 0.15) is 54.0 Å². The molecule has 184 valence electrons. The Kier molecular flexibility index (Phi) is 8.70. The molecule has 3 rings (SSSR count). The van der Waals surface area contributed by atoms with Crippen molar-refractivity contribution in [3.05, 3.63) is 87.1 Å². The Labute approximate surface area is 215 Å². The summed E-state index contributed by atoms with van der Waals surface area (Å²) in [5.41, 5.74) is 1.57. The van der Waals surface area contributed by atoms with E-state index < -0.39 is 17.5 Å². The molecular weight excluding hydrogens is 482 g/mol. The van der Waals surface area contributed by atoms with Crippen LogP contribution in [-0.2, 0) is 9.59 Å². The minimum atomic E-state index is -0.993. The van der Waals surface area contributed by atoms with Gasteiger partial charge >= 0.3 is 0 Å². The predicted octanol–water partition coefficient (Wildman–Crippen LogP) is 5.52. The molecule has 35 heavy (non-hydrogen) atoms. The summed E-state index contributed by atoms with van der Waals surface area (Å²) < 4.78 is 0. The first-order valence-corrected chi connectivity index (χ1v) is 12.7. The number of hydrogen-bond donors (Lipinski definition) is 2. The van der Waals surface area contributed by atoms with E-state index in [-0.39, 0.29) is 18.4 Å². The van der Waals surface area contributed by atoms with Crippen molar-refractivity contribution in [2.45, 2.75) is 45.7 Å². The average Bonchev–Trinajstić information content (AvgIpc) is 3.37. The lowest BCUT2D eigenvalue weighted by Gasteiger charge is -2.35. The monoisotopic (exact) mass is 511 g/mol. The van der Waals surface area contributed by atoms with Crippen molar-refractivity contribution in [2.24, 2.45) is 0 Å². The van der Waals surface area contributed by atoms with Crippen LogP contribution in [-0.4, -0.2) is 29.8 Å². The molecule has 3 aromatic rings. The van der Waals surface area contributed by atoms with Gasteiger partial charge in [0.05, 0.1) is 22.1 Å². The van der Waals surface area contributed by atoms with Crippen LogP contribution in [0.2, 0.25) is 5.02 Å². The molecule has 0 saturated heterocycles. The minimum Gasteiger partial charge on any atom is -0.349 e. The summed E-state index contributed by atoms with van der Waals surface area (Å²) in [6.45, 7) is 7.50. The van der Waals surface area contributed by atoms with Crippen LogP contribution in [0.4, 0.5) is 5.69 Å². The van der Waals surface area contributed by atoms with Crippen LogP contribution in [0.3, 0.4) is 0 Å². The van der Waals surface area contributed by atoms with Gasteiger partial charge in [-0.3, -0.25) is 19.3 Å². The van der Waals surface area contributed by atoms with Gasteiger partial charge in [-0.1, -0.05) is 66.6 Å². The van der Waals surface area contributed by atoms with Gasteiger partial charge < -0.3 is 10.6 Å². The number of amides is 3. The van der Waals surface area contributed by atoms with Gasteiger partial charge in [0.25, 0.3) is 5.91 Å². The van der Waals surface area contributed by atoms with Crippen LogP contribution in [0.5, 0.6) is 0 Å². The van der Waals surface area contributed by atoms with Crippen LogP contribution in [0.25, 0.3) is 0 Å². The van der Waals surface area contributed by atoms with Crippen molar-refractivity contribution < 1.29 is 14.4 Å². The van der Waals surface area contributed by atoms with Crippen LogP contribution >= 0.6 is 22.9 Å². The lowest BCUT2D eigenvalue weighted by molar-refractivity contribution is -0.127. The smallest absolute Gasteiger partial charge is 0.261 e. The number of nitrogens with one attached hydrogen (secondary N) is 2. The SMILES string of the molecule is CCC(C)(C)NC(=O)[C@H](c1ccc(C)cc1)N(C(=O)CNC(=O)c1cccs1)c1ccccc1Cl. The van der Waals surface area contributed by atoms with Crippen molar-refractivity contribution in [3.63, 3.8) is 0 Å². The lowest BCUT2D eigenvalue weighted by atomic mass is 9.97. The molecule has 0 radical (unpaired) electrons. The molecule has 0 aliphatic carbocycles. The molecular formula is C27H30ClN3O3S. The Hall–Kier alpha value is -3.16. The summed E-state index contributed by atoms with van der Waals surface area (Å²) in [6, 6.07) is 16.8. The second-order valence-corrected chi connectivity index (χ2v) is 10.3. The third-order valence-corrected chi connectivity index (χ3v) is 6.96. The third-order valence-electron chi connectivity index (χ3n) is 5.77. The molecule has 1 atom stereocenters. The van der Waals surface area contributed by atoms with E-state index in [9.17, 15) is 14.4 Å². The number of thiophene rings is 1. The van der Waals surface area contributed by atoms with Crippen LogP contribution < -0.4 is 15.5 Å².